The van der Waals surface area contributed by atoms with E-state index in [9.17, 15) is 4.79 Å². The van der Waals surface area contributed by atoms with Gasteiger partial charge >= 0.3 is 0 Å². The maximum Gasteiger partial charge on any atom is 0.252 e. The molecule has 0 radical (unpaired) electrons. The zero-order valence-corrected chi connectivity index (χ0v) is 13.6. The van der Waals surface area contributed by atoms with Crippen LogP contribution in [0.2, 0.25) is 0 Å². The van der Waals surface area contributed by atoms with Gasteiger partial charge in [0.1, 0.15) is 6.61 Å². The van der Waals surface area contributed by atoms with Crippen LogP contribution in [-0.4, -0.2) is 30.5 Å². The van der Waals surface area contributed by atoms with Crippen LogP contribution in [0.15, 0.2) is 23.6 Å². The van der Waals surface area contributed by atoms with E-state index in [0.29, 0.717) is 0 Å². The van der Waals surface area contributed by atoms with Crippen LogP contribution in [0, 0.1) is 6.92 Å². The Morgan fingerprint density at radius 1 is 1.50 bits per heavy atom. The third kappa shape index (κ3) is 2.84. The molecule has 0 spiro atoms. The molecule has 6 heteroatoms. The van der Waals surface area contributed by atoms with Crippen molar-refractivity contribution < 1.29 is 9.53 Å². The van der Waals surface area contributed by atoms with Crippen molar-refractivity contribution in [3.8, 4) is 0 Å². The molecular weight excluding hydrogens is 298 g/mol. The Morgan fingerprint density at radius 3 is 3.09 bits per heavy atom. The third-order valence-electron chi connectivity index (χ3n) is 3.91. The van der Waals surface area contributed by atoms with Crippen LogP contribution in [0.5, 0.6) is 0 Å². The number of aromatic nitrogens is 1. The van der Waals surface area contributed by atoms with Crippen LogP contribution < -0.4 is 10.2 Å². The zero-order chi connectivity index (χ0) is 15.5. The average Bonchev–Trinajstić information content (AvgIpc) is 3.11. The third-order valence-corrected chi connectivity index (χ3v) is 4.68. The summed E-state index contributed by atoms with van der Waals surface area (Å²) in [7, 11) is 1.55. The number of benzene rings is 1. The molecule has 0 bridgehead atoms. The standard InChI is InChI=1S/C16H19N3O2S/c1-11-12(10-22-18-11)8-17-14-4-3-5-15-13(14)6-7-19(15)16(20)9-21-2/h3-5,10,17H,6-9H2,1-2H3. The molecule has 2 aromatic rings. The minimum Gasteiger partial charge on any atom is -0.381 e. The predicted octanol–water partition coefficient (Wildman–Crippen LogP) is 2.60. The summed E-state index contributed by atoms with van der Waals surface area (Å²) in [4.78, 5) is 13.9. The minimum absolute atomic E-state index is 0.0104. The number of carbonyl (C=O) groups excluding carboxylic acids is 1. The van der Waals surface area contributed by atoms with E-state index >= 15 is 0 Å². The lowest BCUT2D eigenvalue weighted by Crippen LogP contribution is -2.31. The maximum absolute atomic E-state index is 12.1. The fraction of sp³-hybridized carbons (Fsp3) is 0.375. The number of nitrogens with one attached hydrogen (secondary N) is 1. The van der Waals surface area contributed by atoms with Crippen molar-refractivity contribution in [1.29, 1.82) is 0 Å². The van der Waals surface area contributed by atoms with Crippen LogP contribution in [0.25, 0.3) is 0 Å². The van der Waals surface area contributed by atoms with Crippen LogP contribution >= 0.6 is 11.5 Å². The number of rotatable bonds is 5. The highest BCUT2D eigenvalue weighted by Gasteiger charge is 2.26. The molecule has 0 atom stereocenters. The molecule has 22 heavy (non-hydrogen) atoms. The molecule has 0 aliphatic carbocycles. The molecule has 116 valence electrons. The Morgan fingerprint density at radius 2 is 2.36 bits per heavy atom. The van der Waals surface area contributed by atoms with E-state index in [0.717, 1.165) is 36.6 Å². The monoisotopic (exact) mass is 317 g/mol. The van der Waals surface area contributed by atoms with E-state index in [2.05, 4.69) is 21.1 Å². The maximum atomic E-state index is 12.1. The lowest BCUT2D eigenvalue weighted by Gasteiger charge is -2.17. The first-order valence-electron chi connectivity index (χ1n) is 7.25. The van der Waals surface area contributed by atoms with Crippen LogP contribution in [0.4, 0.5) is 11.4 Å². The van der Waals surface area contributed by atoms with Gasteiger partial charge < -0.3 is 15.0 Å². The Labute approximate surface area is 134 Å². The van der Waals surface area contributed by atoms with Gasteiger partial charge in [-0.05, 0) is 37.0 Å². The van der Waals surface area contributed by atoms with E-state index < -0.39 is 0 Å². The van der Waals surface area contributed by atoms with E-state index in [-0.39, 0.29) is 12.5 Å². The second-order valence-electron chi connectivity index (χ2n) is 5.31. The second-order valence-corrected chi connectivity index (χ2v) is 5.94. The molecular formula is C16H19N3O2S. The number of fused-ring (bicyclic) bond motifs is 1. The molecule has 1 aliphatic heterocycles. The van der Waals surface area contributed by atoms with E-state index in [1.807, 2.05) is 19.1 Å². The zero-order valence-electron chi connectivity index (χ0n) is 12.8. The highest BCUT2D eigenvalue weighted by molar-refractivity contribution is 7.03. The largest absolute Gasteiger partial charge is 0.381 e. The normalized spacial score (nSPS) is 13.3. The fourth-order valence-corrected chi connectivity index (χ4v) is 3.44. The minimum atomic E-state index is 0.0104. The molecule has 0 saturated heterocycles. The van der Waals surface area contributed by atoms with Crippen molar-refractivity contribution >= 4 is 28.8 Å². The number of amides is 1. The summed E-state index contributed by atoms with van der Waals surface area (Å²) in [6.45, 7) is 3.62. The number of hydrogen-bond donors (Lipinski definition) is 1. The summed E-state index contributed by atoms with van der Waals surface area (Å²) in [5, 5.41) is 5.55. The topological polar surface area (TPSA) is 54.5 Å². The number of carbonyl (C=O) groups is 1. The summed E-state index contributed by atoms with van der Waals surface area (Å²) < 4.78 is 9.25. The Hall–Kier alpha value is -1.92. The molecule has 5 nitrogen and oxygen atoms in total. The number of methoxy groups -OCH3 is 1. The van der Waals surface area contributed by atoms with Crippen molar-refractivity contribution in [2.45, 2.75) is 19.9 Å². The molecule has 2 heterocycles. The average molecular weight is 317 g/mol. The second kappa shape index (κ2) is 6.46. The number of hydrogen-bond acceptors (Lipinski definition) is 5. The smallest absolute Gasteiger partial charge is 0.252 e. The van der Waals surface area contributed by atoms with Gasteiger partial charge in [0.2, 0.25) is 0 Å². The SMILES string of the molecule is COCC(=O)N1CCc2c(NCc3csnc3C)cccc21. The molecule has 0 saturated carbocycles. The summed E-state index contributed by atoms with van der Waals surface area (Å²) in [5.74, 6) is 0.0104. The fourth-order valence-electron chi connectivity index (χ4n) is 2.73. The van der Waals surface area contributed by atoms with E-state index in [1.54, 1.807) is 12.0 Å². The summed E-state index contributed by atoms with van der Waals surface area (Å²) in [6.07, 6.45) is 0.870. The van der Waals surface area contributed by atoms with Gasteiger partial charge in [-0.15, -0.1) is 0 Å². The van der Waals surface area contributed by atoms with Gasteiger partial charge in [0, 0.05) is 48.1 Å². The first-order chi connectivity index (χ1) is 10.7. The summed E-state index contributed by atoms with van der Waals surface area (Å²) in [5.41, 5.74) is 5.57. The Bertz CT molecular complexity index is 684. The van der Waals surface area contributed by atoms with E-state index in [1.165, 1.54) is 22.7 Å². The molecule has 0 fully saturated rings. The van der Waals surface area contributed by atoms with Gasteiger partial charge in [0.15, 0.2) is 0 Å². The summed E-state index contributed by atoms with van der Waals surface area (Å²) >= 11 is 1.48. The summed E-state index contributed by atoms with van der Waals surface area (Å²) in [6, 6.07) is 6.05. The van der Waals surface area contributed by atoms with Crippen molar-refractivity contribution in [1.82, 2.24) is 4.37 Å². The molecule has 3 rings (SSSR count). The van der Waals surface area contributed by atoms with Crippen LogP contribution in [0.3, 0.4) is 0 Å². The number of ether oxygens (including phenoxy) is 1. The van der Waals surface area contributed by atoms with E-state index in [4.69, 9.17) is 4.74 Å². The number of aryl methyl sites for hydroxylation is 1. The molecule has 1 aromatic heterocycles. The first kappa shape index (κ1) is 15.0. The predicted molar refractivity (Wildman–Crippen MR) is 88.6 cm³/mol. The lowest BCUT2D eigenvalue weighted by molar-refractivity contribution is -0.122. The molecule has 1 aromatic carbocycles. The molecule has 1 aliphatic rings. The van der Waals surface area contributed by atoms with Gasteiger partial charge in [-0.3, -0.25) is 4.79 Å². The molecule has 1 amide bonds. The van der Waals surface area contributed by atoms with Gasteiger partial charge in [0.05, 0.1) is 5.69 Å². The Kier molecular flexibility index (Phi) is 4.40. The quantitative estimate of drug-likeness (QED) is 0.921. The number of nitrogens with zero attached hydrogens (tertiary/aromatic N) is 2. The van der Waals surface area contributed by atoms with Crippen LogP contribution in [-0.2, 0) is 22.5 Å². The van der Waals surface area contributed by atoms with Gasteiger partial charge in [-0.2, -0.15) is 4.37 Å². The van der Waals surface area contributed by atoms with Crippen molar-refractivity contribution in [2.75, 3.05) is 30.5 Å². The van der Waals surface area contributed by atoms with Gasteiger partial charge in [-0.25, -0.2) is 0 Å². The lowest BCUT2D eigenvalue weighted by atomic mass is 10.1. The van der Waals surface area contributed by atoms with Crippen molar-refractivity contribution in [3.05, 3.63) is 40.4 Å². The number of anilines is 2. The van der Waals surface area contributed by atoms with Crippen LogP contribution in [0.1, 0.15) is 16.8 Å². The molecule has 1 N–H and O–H groups in total. The molecule has 0 unspecified atom stereocenters. The highest BCUT2D eigenvalue weighted by Crippen LogP contribution is 2.34. The van der Waals surface area contributed by atoms with Gasteiger partial charge in [-0.1, -0.05) is 6.07 Å². The first-order valence-corrected chi connectivity index (χ1v) is 8.09. The Balaban J connectivity index is 1.78. The van der Waals surface area contributed by atoms with Crippen molar-refractivity contribution in [3.63, 3.8) is 0 Å². The van der Waals surface area contributed by atoms with Gasteiger partial charge in [0.25, 0.3) is 5.91 Å². The highest BCUT2D eigenvalue weighted by atomic mass is 32.1. The van der Waals surface area contributed by atoms with Crippen molar-refractivity contribution in [2.24, 2.45) is 0 Å².